The summed E-state index contributed by atoms with van der Waals surface area (Å²) < 4.78 is 0. The number of unbranched alkanes of at least 4 members (excludes halogenated alkanes) is 1. The van der Waals surface area contributed by atoms with Gasteiger partial charge in [-0.1, -0.05) is 5.16 Å². The van der Waals surface area contributed by atoms with Crippen LogP contribution in [0.15, 0.2) is 5.16 Å². The van der Waals surface area contributed by atoms with E-state index in [4.69, 9.17) is 10.9 Å². The Morgan fingerprint density at radius 1 is 1.29 bits per heavy atom. The second kappa shape index (κ2) is 7.76. The number of nitrogens with one attached hydrogen (secondary N) is 1. The fourth-order valence-electron chi connectivity index (χ4n) is 1.89. The molecule has 0 unspecified atom stereocenters. The first-order valence-electron chi connectivity index (χ1n) is 6.23. The van der Waals surface area contributed by atoms with Crippen molar-refractivity contribution in [3.05, 3.63) is 0 Å². The number of nitrogens with two attached hydrogens (primary N) is 1. The summed E-state index contributed by atoms with van der Waals surface area (Å²) in [7, 11) is 0. The Bertz CT molecular complexity index is 262. The van der Waals surface area contributed by atoms with E-state index in [0.717, 1.165) is 38.8 Å². The third-order valence-corrected chi connectivity index (χ3v) is 2.91. The standard InChI is InChI=1S/C11H22N4O2/c12-10(14-17)6-2-3-7-13-11(16)15-8-4-1-5-9-15/h17H,1-9H2,(H2,12,14)(H,13,16). The molecule has 2 amide bonds. The number of hydrogen-bond donors (Lipinski definition) is 3. The molecule has 0 aliphatic carbocycles. The molecular weight excluding hydrogens is 220 g/mol. The molecule has 4 N–H and O–H groups in total. The molecule has 6 heteroatoms. The highest BCUT2D eigenvalue weighted by Gasteiger charge is 2.15. The van der Waals surface area contributed by atoms with Crippen molar-refractivity contribution in [3.63, 3.8) is 0 Å². The average molecular weight is 242 g/mol. The fourth-order valence-corrected chi connectivity index (χ4v) is 1.89. The van der Waals surface area contributed by atoms with Gasteiger partial charge in [-0.25, -0.2) is 4.79 Å². The Labute approximate surface area is 102 Å². The van der Waals surface area contributed by atoms with Gasteiger partial charge >= 0.3 is 6.03 Å². The zero-order valence-electron chi connectivity index (χ0n) is 10.2. The monoisotopic (exact) mass is 242 g/mol. The van der Waals surface area contributed by atoms with Crippen LogP contribution in [0.1, 0.15) is 38.5 Å². The third kappa shape index (κ3) is 5.42. The Hall–Kier alpha value is -1.46. The summed E-state index contributed by atoms with van der Waals surface area (Å²) >= 11 is 0. The quantitative estimate of drug-likeness (QED) is 0.222. The Kier molecular flexibility index (Phi) is 6.21. The van der Waals surface area contributed by atoms with Gasteiger partial charge in [0.15, 0.2) is 0 Å². The first kappa shape index (κ1) is 13.6. The molecule has 0 aromatic rings. The molecule has 6 nitrogen and oxygen atoms in total. The van der Waals surface area contributed by atoms with Gasteiger partial charge in [0, 0.05) is 26.1 Å². The van der Waals surface area contributed by atoms with E-state index in [2.05, 4.69) is 10.5 Å². The zero-order valence-corrected chi connectivity index (χ0v) is 10.2. The highest BCUT2D eigenvalue weighted by atomic mass is 16.4. The molecule has 0 saturated carbocycles. The van der Waals surface area contributed by atoms with Gasteiger partial charge in [-0.2, -0.15) is 0 Å². The van der Waals surface area contributed by atoms with Gasteiger partial charge in [0.2, 0.25) is 0 Å². The molecule has 0 aromatic carbocycles. The number of nitrogens with zero attached hydrogens (tertiary/aromatic N) is 2. The van der Waals surface area contributed by atoms with Gasteiger partial charge in [-0.05, 0) is 32.1 Å². The molecule has 1 aliphatic heterocycles. The number of amides is 2. The van der Waals surface area contributed by atoms with E-state index in [1.807, 2.05) is 4.90 Å². The molecule has 0 bridgehead atoms. The van der Waals surface area contributed by atoms with Gasteiger partial charge in [0.1, 0.15) is 5.84 Å². The zero-order chi connectivity index (χ0) is 12.5. The van der Waals surface area contributed by atoms with Crippen molar-refractivity contribution in [2.75, 3.05) is 19.6 Å². The maximum absolute atomic E-state index is 11.7. The molecule has 98 valence electrons. The van der Waals surface area contributed by atoms with Crippen LogP contribution in [-0.2, 0) is 0 Å². The van der Waals surface area contributed by atoms with Crippen molar-refractivity contribution in [1.82, 2.24) is 10.2 Å². The van der Waals surface area contributed by atoms with Crippen molar-refractivity contribution in [1.29, 1.82) is 0 Å². The van der Waals surface area contributed by atoms with Crippen molar-refractivity contribution in [2.24, 2.45) is 10.9 Å². The third-order valence-electron chi connectivity index (χ3n) is 2.91. The summed E-state index contributed by atoms with van der Waals surface area (Å²) in [6.07, 6.45) is 5.67. The van der Waals surface area contributed by atoms with E-state index in [9.17, 15) is 4.79 Å². The normalized spacial score (nSPS) is 16.9. The number of carbonyl (C=O) groups excluding carboxylic acids is 1. The largest absolute Gasteiger partial charge is 0.409 e. The number of oxime groups is 1. The van der Waals surface area contributed by atoms with Crippen molar-refractivity contribution in [3.8, 4) is 0 Å². The number of piperidine rings is 1. The Balaban J connectivity index is 2.03. The smallest absolute Gasteiger partial charge is 0.317 e. The molecule has 0 aromatic heterocycles. The number of hydrogen-bond acceptors (Lipinski definition) is 3. The van der Waals surface area contributed by atoms with Crippen LogP contribution in [0, 0.1) is 0 Å². The fraction of sp³-hybridized carbons (Fsp3) is 0.818. The van der Waals surface area contributed by atoms with Crippen LogP contribution in [0.2, 0.25) is 0 Å². The van der Waals surface area contributed by atoms with Crippen LogP contribution >= 0.6 is 0 Å². The predicted molar refractivity (Wildman–Crippen MR) is 66.1 cm³/mol. The van der Waals surface area contributed by atoms with Crippen molar-refractivity contribution in [2.45, 2.75) is 38.5 Å². The van der Waals surface area contributed by atoms with Gasteiger partial charge < -0.3 is 21.2 Å². The first-order chi connectivity index (χ1) is 8.24. The molecule has 1 rings (SSSR count). The van der Waals surface area contributed by atoms with E-state index >= 15 is 0 Å². The van der Waals surface area contributed by atoms with E-state index in [-0.39, 0.29) is 11.9 Å². The van der Waals surface area contributed by atoms with Gasteiger partial charge in [0.25, 0.3) is 0 Å². The summed E-state index contributed by atoms with van der Waals surface area (Å²) in [5.74, 6) is 0.243. The lowest BCUT2D eigenvalue weighted by molar-refractivity contribution is 0.186. The maximum Gasteiger partial charge on any atom is 0.317 e. The summed E-state index contributed by atoms with van der Waals surface area (Å²) in [4.78, 5) is 13.5. The molecule has 17 heavy (non-hydrogen) atoms. The number of rotatable bonds is 5. The van der Waals surface area contributed by atoms with E-state index in [0.29, 0.717) is 13.0 Å². The first-order valence-corrected chi connectivity index (χ1v) is 6.23. The van der Waals surface area contributed by atoms with Crippen LogP contribution in [0.5, 0.6) is 0 Å². The van der Waals surface area contributed by atoms with Gasteiger partial charge in [-0.3, -0.25) is 0 Å². The molecule has 1 saturated heterocycles. The minimum absolute atomic E-state index is 0.0356. The van der Waals surface area contributed by atoms with E-state index in [1.54, 1.807) is 0 Å². The summed E-state index contributed by atoms with van der Waals surface area (Å²) in [6.45, 7) is 2.39. The number of amidine groups is 1. The summed E-state index contributed by atoms with van der Waals surface area (Å²) in [5.41, 5.74) is 5.34. The average Bonchev–Trinajstić information content (AvgIpc) is 2.38. The second-order valence-electron chi connectivity index (χ2n) is 4.33. The molecule has 1 fully saturated rings. The Morgan fingerprint density at radius 3 is 2.65 bits per heavy atom. The molecule has 1 aliphatic rings. The lowest BCUT2D eigenvalue weighted by Gasteiger charge is -2.26. The molecule has 1 heterocycles. The summed E-state index contributed by atoms with van der Waals surface area (Å²) in [6, 6.07) is 0.0356. The predicted octanol–water partition coefficient (Wildman–Crippen LogP) is 1.10. The topological polar surface area (TPSA) is 91.0 Å². The van der Waals surface area contributed by atoms with Crippen LogP contribution in [0.4, 0.5) is 4.79 Å². The van der Waals surface area contributed by atoms with Crippen LogP contribution in [0.3, 0.4) is 0 Å². The summed E-state index contributed by atoms with van der Waals surface area (Å²) in [5, 5.41) is 14.1. The van der Waals surface area contributed by atoms with E-state index in [1.165, 1.54) is 6.42 Å². The van der Waals surface area contributed by atoms with Gasteiger partial charge in [-0.15, -0.1) is 0 Å². The molecule has 0 atom stereocenters. The lowest BCUT2D eigenvalue weighted by atomic mass is 10.1. The number of urea groups is 1. The highest BCUT2D eigenvalue weighted by molar-refractivity contribution is 5.79. The molecule has 0 radical (unpaired) electrons. The minimum atomic E-state index is 0.0356. The highest BCUT2D eigenvalue weighted by Crippen LogP contribution is 2.08. The molecular formula is C11H22N4O2. The number of likely N-dealkylation sites (tertiary alicyclic amines) is 1. The number of carbonyl (C=O) groups is 1. The van der Waals surface area contributed by atoms with Crippen LogP contribution in [0.25, 0.3) is 0 Å². The van der Waals surface area contributed by atoms with Crippen molar-refractivity contribution >= 4 is 11.9 Å². The SMILES string of the molecule is NC(CCCCNC(=O)N1CCCCC1)=NO. The minimum Gasteiger partial charge on any atom is -0.409 e. The Morgan fingerprint density at radius 2 is 2.00 bits per heavy atom. The van der Waals surface area contributed by atoms with Crippen LogP contribution < -0.4 is 11.1 Å². The second-order valence-corrected chi connectivity index (χ2v) is 4.33. The van der Waals surface area contributed by atoms with Crippen molar-refractivity contribution < 1.29 is 10.0 Å². The van der Waals surface area contributed by atoms with Gasteiger partial charge in [0.05, 0.1) is 0 Å². The lowest BCUT2D eigenvalue weighted by Crippen LogP contribution is -2.43. The molecule has 0 spiro atoms. The van der Waals surface area contributed by atoms with E-state index < -0.39 is 0 Å². The maximum atomic E-state index is 11.7. The van der Waals surface area contributed by atoms with Crippen LogP contribution in [-0.4, -0.2) is 41.6 Å².